The normalized spacial score (nSPS) is 13.1. The molecule has 1 aromatic rings. The number of alkyl halides is 3. The maximum Gasteiger partial charge on any atom is 0.416 e. The van der Waals surface area contributed by atoms with Crippen LogP contribution in [-0.4, -0.2) is 11.2 Å². The highest BCUT2D eigenvalue weighted by Gasteiger charge is 2.30. The number of aliphatic hydroxyl groups excluding tert-OH is 1. The van der Waals surface area contributed by atoms with Crippen LogP contribution < -0.4 is 0 Å². The lowest BCUT2D eigenvalue weighted by molar-refractivity contribution is -0.137. The minimum atomic E-state index is -4.34. The van der Waals surface area contributed by atoms with Crippen molar-refractivity contribution in [2.75, 3.05) is 0 Å². The molecule has 98 valence electrons. The first-order valence-corrected chi connectivity index (χ1v) is 5.71. The number of terminal acetylenes is 1. The van der Waals surface area contributed by atoms with E-state index in [0.29, 0.717) is 24.8 Å². The highest BCUT2D eigenvalue weighted by atomic mass is 19.4. The fraction of sp³-hybridized carbons (Fsp3) is 0.429. The van der Waals surface area contributed by atoms with E-state index in [9.17, 15) is 18.3 Å². The molecule has 0 spiro atoms. The molecule has 0 radical (unpaired) electrons. The lowest BCUT2D eigenvalue weighted by Gasteiger charge is -2.12. The van der Waals surface area contributed by atoms with Gasteiger partial charge in [-0.05, 0) is 30.9 Å². The quantitative estimate of drug-likeness (QED) is 0.632. The molecule has 0 amide bonds. The van der Waals surface area contributed by atoms with Crippen molar-refractivity contribution >= 4 is 0 Å². The summed E-state index contributed by atoms with van der Waals surface area (Å²) in [6.07, 6.45) is 2.05. The first-order valence-electron chi connectivity index (χ1n) is 5.71. The second-order valence-electron chi connectivity index (χ2n) is 4.15. The second kappa shape index (κ2) is 6.46. The van der Waals surface area contributed by atoms with Gasteiger partial charge in [-0.15, -0.1) is 12.3 Å². The summed E-state index contributed by atoms with van der Waals surface area (Å²) in [4.78, 5) is 0. The minimum Gasteiger partial charge on any atom is -0.393 e. The SMILES string of the molecule is C#CCCCC(O)Cc1cccc(C(F)(F)F)c1. The molecule has 4 heteroatoms. The molecule has 1 nitrogen and oxygen atoms in total. The molecule has 0 aliphatic heterocycles. The summed E-state index contributed by atoms with van der Waals surface area (Å²) in [7, 11) is 0. The van der Waals surface area contributed by atoms with Crippen LogP contribution in [0.5, 0.6) is 0 Å². The Morgan fingerprint density at radius 1 is 1.33 bits per heavy atom. The fourth-order valence-corrected chi connectivity index (χ4v) is 1.69. The van der Waals surface area contributed by atoms with E-state index in [4.69, 9.17) is 6.42 Å². The summed E-state index contributed by atoms with van der Waals surface area (Å²) < 4.78 is 37.4. The van der Waals surface area contributed by atoms with Gasteiger partial charge in [-0.25, -0.2) is 0 Å². The number of hydrogen-bond donors (Lipinski definition) is 1. The topological polar surface area (TPSA) is 20.2 Å². The van der Waals surface area contributed by atoms with E-state index in [0.717, 1.165) is 12.1 Å². The predicted octanol–water partition coefficient (Wildman–Crippen LogP) is 3.41. The lowest BCUT2D eigenvalue weighted by atomic mass is 10.0. The third-order valence-corrected chi connectivity index (χ3v) is 2.58. The van der Waals surface area contributed by atoms with Gasteiger partial charge < -0.3 is 5.11 Å². The Balaban J connectivity index is 2.60. The van der Waals surface area contributed by atoms with Crippen molar-refractivity contribution < 1.29 is 18.3 Å². The van der Waals surface area contributed by atoms with Crippen molar-refractivity contribution in [3.8, 4) is 12.3 Å². The molecule has 0 aromatic heterocycles. The van der Waals surface area contributed by atoms with Gasteiger partial charge in [0.15, 0.2) is 0 Å². The summed E-state index contributed by atoms with van der Waals surface area (Å²) in [5.74, 6) is 2.46. The molecule has 0 fully saturated rings. The molecule has 1 atom stereocenters. The molecule has 0 saturated carbocycles. The summed E-state index contributed by atoms with van der Waals surface area (Å²) in [6.45, 7) is 0. The zero-order valence-corrected chi connectivity index (χ0v) is 9.87. The molecule has 18 heavy (non-hydrogen) atoms. The van der Waals surface area contributed by atoms with Crippen molar-refractivity contribution in [1.82, 2.24) is 0 Å². The van der Waals surface area contributed by atoms with E-state index in [1.54, 1.807) is 6.07 Å². The molecule has 0 heterocycles. The van der Waals surface area contributed by atoms with E-state index in [1.807, 2.05) is 0 Å². The maximum atomic E-state index is 12.5. The van der Waals surface area contributed by atoms with Crippen LogP contribution in [0.3, 0.4) is 0 Å². The van der Waals surface area contributed by atoms with Crippen LogP contribution in [0.1, 0.15) is 30.4 Å². The van der Waals surface area contributed by atoms with Crippen LogP contribution in [0.2, 0.25) is 0 Å². The largest absolute Gasteiger partial charge is 0.416 e. The Morgan fingerprint density at radius 2 is 2.06 bits per heavy atom. The molecule has 0 aliphatic rings. The Bertz CT molecular complexity index is 418. The van der Waals surface area contributed by atoms with Crippen LogP contribution in [0.15, 0.2) is 24.3 Å². The van der Waals surface area contributed by atoms with E-state index in [2.05, 4.69) is 5.92 Å². The Labute approximate surface area is 105 Å². The van der Waals surface area contributed by atoms with Crippen LogP contribution in [-0.2, 0) is 12.6 Å². The summed E-state index contributed by atoms with van der Waals surface area (Å²) >= 11 is 0. The van der Waals surface area contributed by atoms with E-state index < -0.39 is 17.8 Å². The summed E-state index contributed by atoms with van der Waals surface area (Å²) in [5.41, 5.74) is -0.200. The summed E-state index contributed by atoms with van der Waals surface area (Å²) in [6, 6.07) is 5.03. The monoisotopic (exact) mass is 256 g/mol. The molecule has 1 aromatic carbocycles. The van der Waals surface area contributed by atoms with Crippen LogP contribution >= 0.6 is 0 Å². The van der Waals surface area contributed by atoms with Gasteiger partial charge in [-0.1, -0.05) is 18.2 Å². The van der Waals surface area contributed by atoms with E-state index in [1.165, 1.54) is 6.07 Å². The standard InChI is InChI=1S/C14H15F3O/c1-2-3-4-8-13(18)10-11-6-5-7-12(9-11)14(15,16)17/h1,5-7,9,13,18H,3-4,8,10H2. The van der Waals surface area contributed by atoms with Gasteiger partial charge in [0.1, 0.15) is 0 Å². The van der Waals surface area contributed by atoms with E-state index >= 15 is 0 Å². The molecule has 0 bridgehead atoms. The minimum absolute atomic E-state index is 0.217. The number of aliphatic hydroxyl groups is 1. The third-order valence-electron chi connectivity index (χ3n) is 2.58. The third kappa shape index (κ3) is 4.80. The van der Waals surface area contributed by atoms with Crippen molar-refractivity contribution in [2.24, 2.45) is 0 Å². The number of unbranched alkanes of at least 4 members (excludes halogenated alkanes) is 1. The van der Waals surface area contributed by atoms with Crippen molar-refractivity contribution in [2.45, 2.75) is 38.0 Å². The van der Waals surface area contributed by atoms with Crippen LogP contribution in [0, 0.1) is 12.3 Å². The average Bonchev–Trinajstić information content (AvgIpc) is 2.28. The maximum absolute atomic E-state index is 12.5. The Morgan fingerprint density at radius 3 is 2.67 bits per heavy atom. The van der Waals surface area contributed by atoms with Gasteiger partial charge in [-0.3, -0.25) is 0 Å². The predicted molar refractivity (Wildman–Crippen MR) is 63.8 cm³/mol. The lowest BCUT2D eigenvalue weighted by Crippen LogP contribution is -2.11. The van der Waals surface area contributed by atoms with Gasteiger partial charge in [0.05, 0.1) is 11.7 Å². The second-order valence-corrected chi connectivity index (χ2v) is 4.15. The van der Waals surface area contributed by atoms with Crippen LogP contribution in [0.25, 0.3) is 0 Å². The fourth-order valence-electron chi connectivity index (χ4n) is 1.69. The molecule has 0 saturated heterocycles. The van der Waals surface area contributed by atoms with Crippen molar-refractivity contribution in [3.63, 3.8) is 0 Å². The zero-order valence-electron chi connectivity index (χ0n) is 9.87. The molecule has 1 N–H and O–H groups in total. The van der Waals surface area contributed by atoms with Crippen molar-refractivity contribution in [3.05, 3.63) is 35.4 Å². The molecule has 1 rings (SSSR count). The van der Waals surface area contributed by atoms with Gasteiger partial charge >= 0.3 is 6.18 Å². The average molecular weight is 256 g/mol. The first-order chi connectivity index (χ1) is 8.43. The number of rotatable bonds is 5. The van der Waals surface area contributed by atoms with E-state index in [-0.39, 0.29) is 6.42 Å². The highest BCUT2D eigenvalue weighted by Crippen LogP contribution is 2.29. The van der Waals surface area contributed by atoms with Gasteiger partial charge in [0.25, 0.3) is 0 Å². The summed E-state index contributed by atoms with van der Waals surface area (Å²) in [5, 5.41) is 9.67. The molecule has 0 aliphatic carbocycles. The Hall–Kier alpha value is -1.47. The number of halogens is 3. The molecular formula is C14H15F3O. The van der Waals surface area contributed by atoms with Gasteiger partial charge in [0.2, 0.25) is 0 Å². The zero-order chi connectivity index (χ0) is 13.6. The van der Waals surface area contributed by atoms with Crippen molar-refractivity contribution in [1.29, 1.82) is 0 Å². The van der Waals surface area contributed by atoms with Crippen LogP contribution in [0.4, 0.5) is 13.2 Å². The smallest absolute Gasteiger partial charge is 0.393 e. The Kier molecular flexibility index (Phi) is 5.24. The molecule has 1 unspecified atom stereocenters. The number of benzene rings is 1. The van der Waals surface area contributed by atoms with Gasteiger partial charge in [0, 0.05) is 6.42 Å². The highest BCUT2D eigenvalue weighted by molar-refractivity contribution is 5.26. The van der Waals surface area contributed by atoms with Gasteiger partial charge in [-0.2, -0.15) is 13.2 Å². The first kappa shape index (κ1) is 14.6. The number of hydrogen-bond acceptors (Lipinski definition) is 1. The molecular weight excluding hydrogens is 241 g/mol.